The van der Waals surface area contributed by atoms with Gasteiger partial charge in [0.2, 0.25) is 0 Å². The molecule has 0 aliphatic heterocycles. The lowest BCUT2D eigenvalue weighted by Crippen LogP contribution is -1.97. The van der Waals surface area contributed by atoms with E-state index in [1.807, 2.05) is 25.2 Å². The highest BCUT2D eigenvalue weighted by Crippen LogP contribution is 2.38. The molecule has 0 bridgehead atoms. The van der Waals surface area contributed by atoms with E-state index in [2.05, 4.69) is 181 Å². The molecule has 8 rings (SSSR count). The van der Waals surface area contributed by atoms with Crippen molar-refractivity contribution in [1.82, 2.24) is 9.13 Å². The van der Waals surface area contributed by atoms with Crippen LogP contribution in [0.2, 0.25) is 0 Å². The third kappa shape index (κ3) is 5.14. The van der Waals surface area contributed by atoms with Gasteiger partial charge in [-0.1, -0.05) is 122 Å². The summed E-state index contributed by atoms with van der Waals surface area (Å²) in [6.07, 6.45) is 14.3. The Morgan fingerprint density at radius 2 is 1.20 bits per heavy atom. The van der Waals surface area contributed by atoms with Gasteiger partial charge in [-0.25, -0.2) is 0 Å². The van der Waals surface area contributed by atoms with Crippen LogP contribution in [-0.2, 0) is 0 Å². The molecule has 2 heteroatoms. The Hall–Kier alpha value is -6.38. The van der Waals surface area contributed by atoms with Crippen molar-refractivity contribution in [3.05, 3.63) is 182 Å². The van der Waals surface area contributed by atoms with E-state index in [1.54, 1.807) is 0 Å². The first-order valence-electron chi connectivity index (χ1n) is 17.2. The lowest BCUT2D eigenvalue weighted by molar-refractivity contribution is 1.15. The summed E-state index contributed by atoms with van der Waals surface area (Å²) >= 11 is 0. The van der Waals surface area contributed by atoms with E-state index in [1.165, 1.54) is 65.9 Å². The molecule has 0 unspecified atom stereocenters. The quantitative estimate of drug-likeness (QED) is 0.146. The predicted molar refractivity (Wildman–Crippen MR) is 219 cm³/mol. The van der Waals surface area contributed by atoms with E-state index in [0.29, 0.717) is 0 Å². The number of fused-ring (bicyclic) bond motifs is 5. The molecule has 0 amide bonds. The van der Waals surface area contributed by atoms with E-state index in [0.717, 1.165) is 22.5 Å². The molecule has 0 fully saturated rings. The van der Waals surface area contributed by atoms with Gasteiger partial charge in [-0.05, 0) is 108 Å². The molecule has 0 saturated carbocycles. The number of allylic oxidation sites excluding steroid dienone is 6. The van der Waals surface area contributed by atoms with E-state index in [9.17, 15) is 0 Å². The lowest BCUT2D eigenvalue weighted by atomic mass is 9.98. The molecular formula is C48H38N2. The Balaban J connectivity index is 1.20. The molecule has 2 aromatic heterocycles. The number of nitrogens with zero attached hydrogens (tertiary/aromatic N) is 2. The maximum atomic E-state index is 4.18. The fourth-order valence-electron chi connectivity index (χ4n) is 7.43. The molecule has 0 spiro atoms. The van der Waals surface area contributed by atoms with Gasteiger partial charge in [0.05, 0.1) is 22.2 Å². The molecule has 0 radical (unpaired) electrons. The van der Waals surface area contributed by atoms with Crippen LogP contribution >= 0.6 is 0 Å². The van der Waals surface area contributed by atoms with Gasteiger partial charge in [0, 0.05) is 33.1 Å². The van der Waals surface area contributed by atoms with Crippen LogP contribution in [0.3, 0.4) is 0 Å². The summed E-state index contributed by atoms with van der Waals surface area (Å²) in [6.45, 7) is 12.2. The maximum absolute atomic E-state index is 4.18. The van der Waals surface area contributed by atoms with E-state index in [4.69, 9.17) is 0 Å². The summed E-state index contributed by atoms with van der Waals surface area (Å²) in [5.41, 5.74) is 12.8. The predicted octanol–water partition coefficient (Wildman–Crippen LogP) is 13.5. The minimum atomic E-state index is 1.05. The van der Waals surface area contributed by atoms with E-state index >= 15 is 0 Å². The van der Waals surface area contributed by atoms with E-state index < -0.39 is 0 Å². The molecule has 6 aromatic carbocycles. The summed E-state index contributed by atoms with van der Waals surface area (Å²) in [7, 11) is 0. The molecule has 2 heterocycles. The average Bonchev–Trinajstić information content (AvgIpc) is 3.66. The number of rotatable bonds is 8. The molecule has 0 saturated heterocycles. The lowest BCUT2D eigenvalue weighted by Gasteiger charge is -2.11. The molecular weight excluding hydrogens is 605 g/mol. The Kier molecular flexibility index (Phi) is 7.98. The van der Waals surface area contributed by atoms with Gasteiger partial charge in [0.15, 0.2) is 0 Å². The Morgan fingerprint density at radius 1 is 0.560 bits per heavy atom. The van der Waals surface area contributed by atoms with Gasteiger partial charge in [-0.2, -0.15) is 0 Å². The molecule has 0 aliphatic rings. The van der Waals surface area contributed by atoms with Crippen LogP contribution in [0.1, 0.15) is 25.1 Å². The Bertz CT molecular complexity index is 2690. The Labute approximate surface area is 293 Å². The van der Waals surface area contributed by atoms with Crippen molar-refractivity contribution < 1.29 is 0 Å². The fourth-order valence-corrected chi connectivity index (χ4v) is 7.43. The second-order valence-corrected chi connectivity index (χ2v) is 12.6. The highest BCUT2D eigenvalue weighted by Gasteiger charge is 2.17. The zero-order valence-corrected chi connectivity index (χ0v) is 28.5. The number of hydrogen-bond acceptors (Lipinski definition) is 0. The normalized spacial score (nSPS) is 12.3. The molecule has 8 aromatic rings. The van der Waals surface area contributed by atoms with Gasteiger partial charge in [0.25, 0.3) is 0 Å². The second-order valence-electron chi connectivity index (χ2n) is 12.6. The van der Waals surface area contributed by atoms with Gasteiger partial charge >= 0.3 is 0 Å². The minimum Gasteiger partial charge on any atom is -0.309 e. The largest absolute Gasteiger partial charge is 0.309 e. The van der Waals surface area contributed by atoms with Crippen molar-refractivity contribution in [2.75, 3.05) is 0 Å². The summed E-state index contributed by atoms with van der Waals surface area (Å²) in [4.78, 5) is 0. The van der Waals surface area contributed by atoms with Crippen molar-refractivity contribution in [3.63, 3.8) is 0 Å². The van der Waals surface area contributed by atoms with Crippen LogP contribution in [0.25, 0.3) is 89.3 Å². The first kappa shape index (κ1) is 30.9. The Morgan fingerprint density at radius 3 is 1.90 bits per heavy atom. The highest BCUT2D eigenvalue weighted by molar-refractivity contribution is 6.10. The monoisotopic (exact) mass is 642 g/mol. The highest BCUT2D eigenvalue weighted by atomic mass is 15.0. The van der Waals surface area contributed by atoms with Crippen LogP contribution in [0, 0.1) is 0 Å². The summed E-state index contributed by atoms with van der Waals surface area (Å²) in [5, 5.41) is 6.19. The van der Waals surface area contributed by atoms with Gasteiger partial charge in [-0.15, -0.1) is 0 Å². The third-order valence-corrected chi connectivity index (χ3v) is 9.67. The third-order valence-electron chi connectivity index (χ3n) is 9.67. The van der Waals surface area contributed by atoms with Crippen molar-refractivity contribution in [1.29, 1.82) is 0 Å². The van der Waals surface area contributed by atoms with Crippen molar-refractivity contribution in [2.45, 2.75) is 13.8 Å². The smallest absolute Gasteiger partial charge is 0.0541 e. The number of benzene rings is 6. The first-order chi connectivity index (χ1) is 24.6. The maximum Gasteiger partial charge on any atom is 0.0541 e. The van der Waals surface area contributed by atoms with Crippen molar-refractivity contribution in [2.24, 2.45) is 0 Å². The zero-order chi connectivity index (χ0) is 34.2. The first-order valence-corrected chi connectivity index (χ1v) is 17.2. The fraction of sp³-hybridized carbons (Fsp3) is 0.0417. The molecule has 50 heavy (non-hydrogen) atoms. The number of para-hydroxylation sites is 1. The van der Waals surface area contributed by atoms with Gasteiger partial charge in [0.1, 0.15) is 0 Å². The average molecular weight is 643 g/mol. The van der Waals surface area contributed by atoms with Gasteiger partial charge < -0.3 is 9.13 Å². The van der Waals surface area contributed by atoms with Crippen LogP contribution in [0.15, 0.2) is 171 Å². The molecule has 240 valence electrons. The van der Waals surface area contributed by atoms with Crippen LogP contribution in [0.4, 0.5) is 0 Å². The zero-order valence-electron chi connectivity index (χ0n) is 28.5. The van der Waals surface area contributed by atoms with Crippen molar-refractivity contribution in [3.8, 4) is 27.9 Å². The summed E-state index contributed by atoms with van der Waals surface area (Å²) in [6, 6.07) is 46.6. The van der Waals surface area contributed by atoms with Crippen LogP contribution < -0.4 is 0 Å². The number of hydrogen-bond donors (Lipinski definition) is 0. The molecule has 2 nitrogen and oxygen atoms in total. The van der Waals surface area contributed by atoms with Gasteiger partial charge in [-0.3, -0.25) is 0 Å². The molecule has 0 aliphatic carbocycles. The van der Waals surface area contributed by atoms with Crippen molar-refractivity contribution >= 4 is 61.3 Å². The molecule has 0 N–H and O–H groups in total. The van der Waals surface area contributed by atoms with E-state index in [-0.39, 0.29) is 0 Å². The topological polar surface area (TPSA) is 9.86 Å². The van der Waals surface area contributed by atoms with Crippen LogP contribution in [-0.4, -0.2) is 9.13 Å². The SMILES string of the molecule is C=C/C=C(\C=C/C)n1c(C=C)c(/C=C\C)c2cc(-c3ccc(-c4ccc5c(c4)c4ccccc4n5-c4ccc5ccccc5c4)cc3)ccc21. The second kappa shape index (κ2) is 12.9. The number of aromatic nitrogens is 2. The summed E-state index contributed by atoms with van der Waals surface area (Å²) in [5.74, 6) is 0. The molecule has 0 atom stereocenters. The minimum absolute atomic E-state index is 1.05. The summed E-state index contributed by atoms with van der Waals surface area (Å²) < 4.78 is 4.65. The standard InChI is InChI=1S/C48H38N2/c1-5-13-39(14-6-2)49-45(8-4)41(15-7-3)43-31-37(25-28-47(43)49)34-20-22-35(23-21-34)38-26-29-48-44(32-38)42-18-11-12-19-46(42)50(48)40-27-24-33-16-9-10-17-36(33)30-40/h5-32H,1,4H2,2-3H3/b14-6-,15-7-,39-13+. The van der Waals surface area contributed by atoms with Crippen LogP contribution in [0.5, 0.6) is 0 Å².